The summed E-state index contributed by atoms with van der Waals surface area (Å²) >= 11 is 0. The number of fused-ring (bicyclic) bond motifs is 1. The van der Waals surface area contributed by atoms with Gasteiger partial charge in [-0.3, -0.25) is 9.88 Å². The summed E-state index contributed by atoms with van der Waals surface area (Å²) in [6, 6.07) is 9.30. The third-order valence-corrected chi connectivity index (χ3v) is 7.74. The van der Waals surface area contributed by atoms with Crippen LogP contribution in [0.2, 0.25) is 0 Å². The van der Waals surface area contributed by atoms with Gasteiger partial charge in [-0.2, -0.15) is 0 Å². The Kier molecular flexibility index (Phi) is 10.1. The molecule has 2 aliphatic rings. The van der Waals surface area contributed by atoms with Gasteiger partial charge in [0.1, 0.15) is 23.9 Å². The summed E-state index contributed by atoms with van der Waals surface area (Å²) in [5.74, 6) is 2.02. The number of anilines is 1. The van der Waals surface area contributed by atoms with Crippen LogP contribution in [-0.2, 0) is 4.74 Å². The quantitative estimate of drug-likeness (QED) is 0.295. The van der Waals surface area contributed by atoms with E-state index >= 15 is 0 Å². The molecule has 0 atom stereocenters. The lowest BCUT2D eigenvalue weighted by molar-refractivity contribution is 0.0321. The van der Waals surface area contributed by atoms with Crippen LogP contribution < -0.4 is 24.8 Å². The Bertz CT molecular complexity index is 1310. The van der Waals surface area contributed by atoms with Gasteiger partial charge in [-0.05, 0) is 36.6 Å². The van der Waals surface area contributed by atoms with Gasteiger partial charge in [0.15, 0.2) is 11.5 Å². The largest absolute Gasteiger partial charge is 0.493 e. The summed E-state index contributed by atoms with van der Waals surface area (Å²) in [5.41, 5.74) is 0.751. The van der Waals surface area contributed by atoms with Crippen molar-refractivity contribution in [3.63, 3.8) is 0 Å². The molecule has 3 aromatic rings. The van der Waals surface area contributed by atoms with Gasteiger partial charge >= 0.3 is 6.03 Å². The number of carbonyl (C=O) groups excluding carboxylic acids is 1. The zero-order valence-electron chi connectivity index (χ0n) is 23.6. The number of carbonyl (C=O) groups is 1. The van der Waals surface area contributed by atoms with Crippen LogP contribution >= 0.6 is 0 Å². The van der Waals surface area contributed by atoms with E-state index in [1.165, 1.54) is 44.2 Å². The Morgan fingerprint density at radius 1 is 1.07 bits per heavy atom. The minimum absolute atomic E-state index is 0.0904. The molecule has 2 heterocycles. The Morgan fingerprint density at radius 2 is 1.90 bits per heavy atom. The molecule has 0 bridgehead atoms. The Morgan fingerprint density at radius 3 is 2.68 bits per heavy atom. The number of pyridine rings is 1. The van der Waals surface area contributed by atoms with Crippen LogP contribution in [0.3, 0.4) is 0 Å². The van der Waals surface area contributed by atoms with Gasteiger partial charge in [-0.1, -0.05) is 32.1 Å². The van der Waals surface area contributed by atoms with Crippen LogP contribution in [0.5, 0.6) is 23.0 Å². The average Bonchev–Trinajstić information content (AvgIpc) is 2.99. The number of morpholine rings is 1. The molecule has 9 nitrogen and oxygen atoms in total. The maximum Gasteiger partial charge on any atom is 0.319 e. The lowest BCUT2D eigenvalue weighted by Gasteiger charge is -2.26. The SMILES string of the molecule is COc1cc2c(Oc3ccc(NC(=O)NCCC4CCCCC4)c(F)c3)ccnc2cc1OCCN1CCOCC1. The van der Waals surface area contributed by atoms with Crippen molar-refractivity contribution in [2.75, 3.05) is 58.4 Å². The summed E-state index contributed by atoms with van der Waals surface area (Å²) in [7, 11) is 1.58. The molecule has 10 heteroatoms. The first kappa shape index (κ1) is 28.9. The molecule has 2 aromatic carbocycles. The third kappa shape index (κ3) is 7.98. The topological polar surface area (TPSA) is 94.2 Å². The Hall–Kier alpha value is -3.63. The number of halogens is 1. The van der Waals surface area contributed by atoms with Crippen molar-refractivity contribution in [3.8, 4) is 23.0 Å². The molecular formula is C31H39FN4O5. The fourth-order valence-corrected chi connectivity index (χ4v) is 5.42. The van der Waals surface area contributed by atoms with Crippen molar-refractivity contribution < 1.29 is 28.1 Å². The van der Waals surface area contributed by atoms with Crippen LogP contribution in [0.15, 0.2) is 42.6 Å². The number of amides is 2. The summed E-state index contributed by atoms with van der Waals surface area (Å²) < 4.78 is 37.9. The maximum atomic E-state index is 14.9. The maximum absolute atomic E-state index is 14.9. The fourth-order valence-electron chi connectivity index (χ4n) is 5.42. The number of hydrogen-bond acceptors (Lipinski definition) is 7. The number of ether oxygens (including phenoxy) is 4. The first-order chi connectivity index (χ1) is 20.1. The molecule has 0 radical (unpaired) electrons. The fraction of sp³-hybridized carbons (Fsp3) is 0.484. The smallest absolute Gasteiger partial charge is 0.319 e. The second-order valence-electron chi connectivity index (χ2n) is 10.5. The van der Waals surface area contributed by atoms with Crippen LogP contribution in [-0.4, -0.2) is 69.0 Å². The lowest BCUT2D eigenvalue weighted by Crippen LogP contribution is -2.38. The lowest BCUT2D eigenvalue weighted by atomic mass is 9.87. The minimum atomic E-state index is -0.586. The number of rotatable bonds is 11. The number of nitrogens with zero attached hydrogens (tertiary/aromatic N) is 2. The van der Waals surface area contributed by atoms with Gasteiger partial charge < -0.3 is 29.6 Å². The highest BCUT2D eigenvalue weighted by molar-refractivity contribution is 5.90. The molecule has 2 fully saturated rings. The standard InChI is InChI=1S/C31H39FN4O5/c1-38-29-20-24-27(21-30(29)40-18-15-36-13-16-39-17-14-36)33-12-10-28(24)41-23-7-8-26(25(32)19-23)35-31(37)34-11-9-22-5-3-2-4-6-22/h7-8,10,12,19-22H,2-6,9,11,13-18H2,1H3,(H2,34,35,37). The molecule has 1 saturated heterocycles. The van der Waals surface area contributed by atoms with Gasteiger partial charge in [0.05, 0.1) is 31.5 Å². The van der Waals surface area contributed by atoms with Gasteiger partial charge in [0.2, 0.25) is 0 Å². The van der Waals surface area contributed by atoms with E-state index in [-0.39, 0.29) is 5.69 Å². The molecule has 1 aliphatic heterocycles. The van der Waals surface area contributed by atoms with E-state index in [4.69, 9.17) is 18.9 Å². The van der Waals surface area contributed by atoms with Crippen LogP contribution in [0, 0.1) is 11.7 Å². The zero-order valence-corrected chi connectivity index (χ0v) is 23.6. The highest BCUT2D eigenvalue weighted by Crippen LogP contribution is 2.37. The van der Waals surface area contributed by atoms with Crippen LogP contribution in [0.4, 0.5) is 14.9 Å². The van der Waals surface area contributed by atoms with E-state index in [0.29, 0.717) is 53.0 Å². The molecule has 0 spiro atoms. The number of benzene rings is 2. The second kappa shape index (κ2) is 14.3. The van der Waals surface area contributed by atoms with E-state index in [2.05, 4.69) is 20.5 Å². The third-order valence-electron chi connectivity index (χ3n) is 7.74. The van der Waals surface area contributed by atoms with Crippen LogP contribution in [0.25, 0.3) is 10.9 Å². The first-order valence-corrected chi connectivity index (χ1v) is 14.5. The second-order valence-corrected chi connectivity index (χ2v) is 10.5. The van der Waals surface area contributed by atoms with Crippen LogP contribution in [0.1, 0.15) is 38.5 Å². The summed E-state index contributed by atoms with van der Waals surface area (Å²) in [6.45, 7) is 5.15. The van der Waals surface area contributed by atoms with Crippen molar-refractivity contribution in [3.05, 3.63) is 48.4 Å². The predicted molar refractivity (Wildman–Crippen MR) is 156 cm³/mol. The monoisotopic (exact) mass is 566 g/mol. The van der Waals surface area contributed by atoms with Crippen molar-refractivity contribution >= 4 is 22.6 Å². The first-order valence-electron chi connectivity index (χ1n) is 14.5. The molecule has 220 valence electrons. The highest BCUT2D eigenvalue weighted by atomic mass is 19.1. The van der Waals surface area contributed by atoms with Crippen molar-refractivity contribution in [1.82, 2.24) is 15.2 Å². The molecule has 1 aliphatic carbocycles. The van der Waals surface area contributed by atoms with E-state index in [1.807, 2.05) is 12.1 Å². The molecular weight excluding hydrogens is 527 g/mol. The Balaban J connectivity index is 1.19. The van der Waals surface area contributed by atoms with Gasteiger partial charge in [0.25, 0.3) is 0 Å². The van der Waals surface area contributed by atoms with Crippen molar-refractivity contribution in [1.29, 1.82) is 0 Å². The van der Waals surface area contributed by atoms with Gasteiger partial charge in [-0.15, -0.1) is 0 Å². The predicted octanol–water partition coefficient (Wildman–Crippen LogP) is 5.98. The van der Waals surface area contributed by atoms with E-state index < -0.39 is 11.8 Å². The summed E-state index contributed by atoms with van der Waals surface area (Å²) in [4.78, 5) is 19.1. The van der Waals surface area contributed by atoms with Gasteiger partial charge in [0, 0.05) is 49.9 Å². The minimum Gasteiger partial charge on any atom is -0.493 e. The average molecular weight is 567 g/mol. The summed E-state index contributed by atoms with van der Waals surface area (Å²) in [5, 5.41) is 6.14. The highest BCUT2D eigenvalue weighted by Gasteiger charge is 2.16. The molecule has 5 rings (SSSR count). The number of hydrogen-bond donors (Lipinski definition) is 2. The normalized spacial score (nSPS) is 16.3. The molecule has 41 heavy (non-hydrogen) atoms. The number of methoxy groups -OCH3 is 1. The van der Waals surface area contributed by atoms with E-state index in [9.17, 15) is 9.18 Å². The van der Waals surface area contributed by atoms with E-state index in [0.717, 1.165) is 39.3 Å². The number of aromatic nitrogens is 1. The van der Waals surface area contributed by atoms with Crippen molar-refractivity contribution in [2.24, 2.45) is 5.92 Å². The van der Waals surface area contributed by atoms with Crippen molar-refractivity contribution in [2.45, 2.75) is 38.5 Å². The molecule has 2 amide bonds. The number of urea groups is 1. The Labute approximate surface area is 240 Å². The van der Waals surface area contributed by atoms with E-state index in [1.54, 1.807) is 25.4 Å². The molecule has 2 N–H and O–H groups in total. The molecule has 1 aromatic heterocycles. The van der Waals surface area contributed by atoms with Gasteiger partial charge in [-0.25, -0.2) is 9.18 Å². The number of nitrogens with one attached hydrogen (secondary N) is 2. The summed E-state index contributed by atoms with van der Waals surface area (Å²) in [6.07, 6.45) is 8.88. The zero-order chi connectivity index (χ0) is 28.4. The molecule has 0 unspecified atom stereocenters. The molecule has 1 saturated carbocycles.